The van der Waals surface area contributed by atoms with Crippen LogP contribution in [-0.2, 0) is 26.8 Å². The largest absolute Gasteiger partial charge is 0.378 e. The van der Waals surface area contributed by atoms with Crippen molar-refractivity contribution in [2.45, 2.75) is 56.3 Å². The van der Waals surface area contributed by atoms with Gasteiger partial charge < -0.3 is 9.30 Å². The van der Waals surface area contributed by atoms with Crippen molar-refractivity contribution in [3.8, 4) is 0 Å². The number of nitrogens with zero attached hydrogens (tertiary/aromatic N) is 3. The summed E-state index contributed by atoms with van der Waals surface area (Å²) in [6, 6.07) is 0. The quantitative estimate of drug-likeness (QED) is 0.748. The van der Waals surface area contributed by atoms with Gasteiger partial charge in [0.25, 0.3) is 14.2 Å². The Balaban J connectivity index is 2.33. The summed E-state index contributed by atoms with van der Waals surface area (Å²) in [6.07, 6.45) is 4.40. The van der Waals surface area contributed by atoms with Crippen molar-refractivity contribution in [2.75, 3.05) is 7.11 Å². The van der Waals surface area contributed by atoms with Crippen molar-refractivity contribution < 1.29 is 13.2 Å². The van der Waals surface area contributed by atoms with Crippen LogP contribution in [0.3, 0.4) is 0 Å². The van der Waals surface area contributed by atoms with Crippen molar-refractivity contribution in [3.05, 3.63) is 5.82 Å². The molecule has 1 fully saturated rings. The van der Waals surface area contributed by atoms with Gasteiger partial charge in [-0.2, -0.15) is 0 Å². The third kappa shape index (κ3) is 2.93. The van der Waals surface area contributed by atoms with Crippen molar-refractivity contribution in [3.63, 3.8) is 0 Å². The number of hydrogen-bond acceptors (Lipinski definition) is 5. The highest BCUT2D eigenvalue weighted by atomic mass is 35.7. The molecule has 0 aromatic carbocycles. The van der Waals surface area contributed by atoms with E-state index < -0.39 is 9.05 Å². The Morgan fingerprint density at radius 1 is 1.42 bits per heavy atom. The van der Waals surface area contributed by atoms with Gasteiger partial charge in [-0.3, -0.25) is 0 Å². The number of rotatable bonds is 6. The molecule has 2 rings (SSSR count). The van der Waals surface area contributed by atoms with Gasteiger partial charge in [0.15, 0.2) is 0 Å². The second-order valence-corrected chi connectivity index (χ2v) is 7.37. The first-order chi connectivity index (χ1) is 8.92. The Labute approximate surface area is 117 Å². The molecule has 0 aliphatic heterocycles. The lowest BCUT2D eigenvalue weighted by molar-refractivity contribution is -0.0727. The fraction of sp³-hybridized carbons (Fsp3) is 0.818. The Morgan fingerprint density at radius 3 is 2.53 bits per heavy atom. The maximum absolute atomic E-state index is 11.5. The summed E-state index contributed by atoms with van der Waals surface area (Å²) in [7, 11) is 3.20. The molecule has 0 atom stereocenters. The summed E-state index contributed by atoms with van der Waals surface area (Å²) in [5, 5.41) is 7.54. The molecule has 0 N–H and O–H groups in total. The average Bonchev–Trinajstić information content (AvgIpc) is 2.67. The molecular weight excluding hydrogens is 290 g/mol. The SMILES string of the molecule is CCCn1c(CC2(OC)CCC2)nnc1S(=O)(=O)Cl. The molecule has 0 unspecified atom stereocenters. The zero-order valence-corrected chi connectivity index (χ0v) is 12.7. The number of halogens is 1. The number of methoxy groups -OCH3 is 1. The van der Waals surface area contributed by atoms with Gasteiger partial charge >= 0.3 is 0 Å². The maximum atomic E-state index is 11.5. The molecule has 1 aliphatic rings. The lowest BCUT2D eigenvalue weighted by Crippen LogP contribution is -2.42. The van der Waals surface area contributed by atoms with E-state index >= 15 is 0 Å². The van der Waals surface area contributed by atoms with Gasteiger partial charge in [-0.25, -0.2) is 8.42 Å². The minimum absolute atomic E-state index is 0.170. The first-order valence-corrected chi connectivity index (χ1v) is 8.65. The van der Waals surface area contributed by atoms with Crippen LogP contribution < -0.4 is 0 Å². The van der Waals surface area contributed by atoms with Crippen LogP contribution in [-0.4, -0.2) is 35.9 Å². The first-order valence-electron chi connectivity index (χ1n) is 6.34. The molecule has 6 nitrogen and oxygen atoms in total. The van der Waals surface area contributed by atoms with Gasteiger partial charge in [0.2, 0.25) is 0 Å². The van der Waals surface area contributed by atoms with Crippen LogP contribution in [0.2, 0.25) is 0 Å². The van der Waals surface area contributed by atoms with E-state index in [2.05, 4.69) is 10.2 Å². The van der Waals surface area contributed by atoms with E-state index in [1.165, 1.54) is 0 Å². The summed E-state index contributed by atoms with van der Waals surface area (Å²) < 4.78 is 30.1. The van der Waals surface area contributed by atoms with E-state index in [-0.39, 0.29) is 10.8 Å². The molecule has 0 saturated heterocycles. The lowest BCUT2D eigenvalue weighted by Gasteiger charge is -2.40. The highest BCUT2D eigenvalue weighted by molar-refractivity contribution is 8.13. The van der Waals surface area contributed by atoms with E-state index in [4.69, 9.17) is 15.4 Å². The van der Waals surface area contributed by atoms with E-state index in [0.717, 1.165) is 25.7 Å². The minimum atomic E-state index is -3.87. The lowest BCUT2D eigenvalue weighted by atomic mass is 9.77. The van der Waals surface area contributed by atoms with Crippen molar-refractivity contribution in [1.82, 2.24) is 14.8 Å². The highest BCUT2D eigenvalue weighted by Gasteiger charge is 2.39. The Kier molecular flexibility index (Phi) is 4.17. The first kappa shape index (κ1) is 14.7. The Hall–Kier alpha value is -0.660. The van der Waals surface area contributed by atoms with Crippen LogP contribution in [0.25, 0.3) is 0 Å². The Morgan fingerprint density at radius 2 is 2.11 bits per heavy atom. The van der Waals surface area contributed by atoms with Crippen LogP contribution in [0.4, 0.5) is 0 Å². The smallest absolute Gasteiger partial charge is 0.296 e. The number of ether oxygens (including phenoxy) is 1. The molecule has 108 valence electrons. The summed E-state index contributed by atoms with van der Waals surface area (Å²) >= 11 is 0. The van der Waals surface area contributed by atoms with Crippen molar-refractivity contribution in [1.29, 1.82) is 0 Å². The van der Waals surface area contributed by atoms with Gasteiger partial charge in [0, 0.05) is 30.8 Å². The van der Waals surface area contributed by atoms with Crippen molar-refractivity contribution >= 4 is 19.7 Å². The summed E-state index contributed by atoms with van der Waals surface area (Å²) in [5.41, 5.74) is -0.216. The summed E-state index contributed by atoms with van der Waals surface area (Å²) in [6.45, 7) is 2.49. The summed E-state index contributed by atoms with van der Waals surface area (Å²) in [4.78, 5) is 0. The maximum Gasteiger partial charge on any atom is 0.296 e. The fourth-order valence-electron chi connectivity index (χ4n) is 2.39. The van der Waals surface area contributed by atoms with Crippen molar-refractivity contribution in [2.24, 2.45) is 0 Å². The van der Waals surface area contributed by atoms with Crippen LogP contribution >= 0.6 is 10.7 Å². The average molecular weight is 308 g/mol. The normalized spacial score (nSPS) is 18.3. The van der Waals surface area contributed by atoms with Gasteiger partial charge in [0.1, 0.15) is 5.82 Å². The van der Waals surface area contributed by atoms with Gasteiger partial charge in [-0.15, -0.1) is 10.2 Å². The van der Waals surface area contributed by atoms with Gasteiger partial charge in [-0.1, -0.05) is 6.92 Å². The topological polar surface area (TPSA) is 74.1 Å². The summed E-state index contributed by atoms with van der Waals surface area (Å²) in [5.74, 6) is 0.627. The van der Waals surface area contributed by atoms with E-state index in [9.17, 15) is 8.42 Å². The minimum Gasteiger partial charge on any atom is -0.378 e. The molecule has 0 radical (unpaired) electrons. The molecule has 8 heteroatoms. The van der Waals surface area contributed by atoms with Gasteiger partial charge in [0.05, 0.1) is 5.60 Å². The molecule has 19 heavy (non-hydrogen) atoms. The molecule has 1 heterocycles. The van der Waals surface area contributed by atoms with Crippen LogP contribution in [0, 0.1) is 0 Å². The van der Waals surface area contributed by atoms with Crippen LogP contribution in [0.5, 0.6) is 0 Å². The van der Waals surface area contributed by atoms with E-state index in [1.54, 1.807) is 11.7 Å². The molecule has 1 aromatic rings. The number of hydrogen-bond donors (Lipinski definition) is 0. The molecule has 1 saturated carbocycles. The second kappa shape index (κ2) is 5.38. The van der Waals surface area contributed by atoms with Gasteiger partial charge in [-0.05, 0) is 25.7 Å². The third-order valence-electron chi connectivity index (χ3n) is 3.64. The molecular formula is C11H18ClN3O3S. The predicted molar refractivity (Wildman–Crippen MR) is 70.6 cm³/mol. The van der Waals surface area contributed by atoms with E-state index in [1.807, 2.05) is 6.92 Å². The molecule has 0 bridgehead atoms. The molecule has 0 amide bonds. The standard InChI is InChI=1S/C11H18ClN3O3S/c1-3-7-15-9(8-11(18-2)5-4-6-11)13-14-10(15)19(12,16)17/h3-8H2,1-2H3. The molecule has 1 aromatic heterocycles. The second-order valence-electron chi connectivity index (χ2n) is 4.91. The molecule has 1 aliphatic carbocycles. The Bertz CT molecular complexity index is 546. The molecule has 0 spiro atoms. The zero-order valence-electron chi connectivity index (χ0n) is 11.1. The monoisotopic (exact) mass is 307 g/mol. The predicted octanol–water partition coefficient (Wildman–Crippen LogP) is 1.73. The fourth-order valence-corrected chi connectivity index (χ4v) is 3.33. The third-order valence-corrected chi connectivity index (χ3v) is 4.79. The zero-order chi connectivity index (χ0) is 14.1. The van der Waals surface area contributed by atoms with Crippen LogP contribution in [0.1, 0.15) is 38.4 Å². The van der Waals surface area contributed by atoms with Crippen LogP contribution in [0.15, 0.2) is 5.16 Å². The number of aromatic nitrogens is 3. The highest BCUT2D eigenvalue weighted by Crippen LogP contribution is 2.37. The van der Waals surface area contributed by atoms with E-state index in [0.29, 0.717) is 18.8 Å².